The molecule has 0 spiro atoms. The maximum Gasteiger partial charge on any atom is 0.259 e. The van der Waals surface area contributed by atoms with E-state index in [0.29, 0.717) is 12.6 Å². The van der Waals surface area contributed by atoms with Gasteiger partial charge in [0.1, 0.15) is 5.75 Å². The third kappa shape index (κ3) is 3.77. The number of likely N-dealkylation sites (tertiary alicyclic amines) is 1. The van der Waals surface area contributed by atoms with E-state index in [2.05, 4.69) is 17.0 Å². The fourth-order valence-electron chi connectivity index (χ4n) is 3.95. The summed E-state index contributed by atoms with van der Waals surface area (Å²) in [4.78, 5) is 20.5. The Bertz CT molecular complexity index is 977. The van der Waals surface area contributed by atoms with Crippen LogP contribution in [0.2, 0.25) is 0 Å². The molecule has 1 fully saturated rings. The van der Waals surface area contributed by atoms with Crippen molar-refractivity contribution < 1.29 is 4.74 Å². The van der Waals surface area contributed by atoms with Crippen LogP contribution >= 0.6 is 11.3 Å². The molecular formula is C21H25N3O2S. The first kappa shape index (κ1) is 18.2. The second kappa shape index (κ2) is 7.82. The van der Waals surface area contributed by atoms with E-state index in [9.17, 15) is 4.79 Å². The maximum atomic E-state index is 12.5. The van der Waals surface area contributed by atoms with E-state index < -0.39 is 0 Å². The van der Waals surface area contributed by atoms with Crippen LogP contribution in [-0.2, 0) is 6.54 Å². The summed E-state index contributed by atoms with van der Waals surface area (Å²) in [6, 6.07) is 10.4. The average molecular weight is 384 g/mol. The quantitative estimate of drug-likeness (QED) is 0.678. The van der Waals surface area contributed by atoms with Gasteiger partial charge in [0.05, 0.1) is 12.8 Å². The van der Waals surface area contributed by atoms with Gasteiger partial charge in [0, 0.05) is 29.7 Å². The summed E-state index contributed by atoms with van der Waals surface area (Å²) < 4.78 is 6.99. The number of fused-ring (bicyclic) bond motifs is 1. The van der Waals surface area contributed by atoms with Crippen LogP contribution in [0.25, 0.3) is 4.96 Å². The number of methoxy groups -OCH3 is 1. The predicted octanol–water partition coefficient (Wildman–Crippen LogP) is 4.19. The van der Waals surface area contributed by atoms with Gasteiger partial charge in [-0.1, -0.05) is 25.0 Å². The molecule has 5 nitrogen and oxygen atoms in total. The van der Waals surface area contributed by atoms with Gasteiger partial charge in [0.2, 0.25) is 0 Å². The standard InChI is InChI=1S/C21H25N3O2S/c1-15-14-27-21-22-17(12-20(25)24(15)21)13-23-11-5-3-4-6-19(23)16-7-9-18(26-2)10-8-16/h7-10,12,14,19H,3-6,11,13H2,1-2H3/t19-/m0/s1. The third-order valence-corrected chi connectivity index (χ3v) is 6.30. The average Bonchev–Trinajstić information content (AvgIpc) is 2.90. The molecule has 6 heteroatoms. The summed E-state index contributed by atoms with van der Waals surface area (Å²) in [5.41, 5.74) is 3.14. The van der Waals surface area contributed by atoms with Crippen LogP contribution in [-0.4, -0.2) is 27.9 Å². The topological polar surface area (TPSA) is 46.8 Å². The van der Waals surface area contributed by atoms with Gasteiger partial charge in [0.25, 0.3) is 5.56 Å². The first-order valence-corrected chi connectivity index (χ1v) is 10.4. The van der Waals surface area contributed by atoms with Crippen molar-refractivity contribution in [3.8, 4) is 5.75 Å². The fraction of sp³-hybridized carbons (Fsp3) is 0.429. The molecule has 142 valence electrons. The molecule has 1 saturated heterocycles. The van der Waals surface area contributed by atoms with Crippen molar-refractivity contribution in [1.82, 2.24) is 14.3 Å². The summed E-state index contributed by atoms with van der Waals surface area (Å²) in [5, 5.41) is 1.99. The van der Waals surface area contributed by atoms with E-state index in [0.717, 1.165) is 35.1 Å². The summed E-state index contributed by atoms with van der Waals surface area (Å²) in [7, 11) is 1.69. The fourth-order valence-corrected chi connectivity index (χ4v) is 4.84. The highest BCUT2D eigenvalue weighted by Gasteiger charge is 2.23. The molecule has 0 N–H and O–H groups in total. The van der Waals surface area contributed by atoms with E-state index in [1.54, 1.807) is 17.6 Å². The number of hydrogen-bond acceptors (Lipinski definition) is 5. The minimum absolute atomic E-state index is 0.0181. The molecule has 1 aliphatic heterocycles. The highest BCUT2D eigenvalue weighted by Crippen LogP contribution is 2.32. The Labute approximate surface area is 163 Å². The highest BCUT2D eigenvalue weighted by atomic mass is 32.1. The van der Waals surface area contributed by atoms with Crippen molar-refractivity contribution >= 4 is 16.3 Å². The first-order valence-electron chi connectivity index (χ1n) is 9.50. The smallest absolute Gasteiger partial charge is 0.259 e. The number of hydrogen-bond donors (Lipinski definition) is 0. The zero-order valence-corrected chi connectivity index (χ0v) is 16.7. The number of nitrogens with zero attached hydrogens (tertiary/aromatic N) is 3. The molecule has 0 unspecified atom stereocenters. The van der Waals surface area contributed by atoms with Crippen LogP contribution in [0.4, 0.5) is 0 Å². The zero-order valence-electron chi connectivity index (χ0n) is 15.9. The Balaban J connectivity index is 1.63. The van der Waals surface area contributed by atoms with Gasteiger partial charge in [-0.05, 0) is 44.0 Å². The van der Waals surface area contributed by atoms with Crippen LogP contribution in [0.1, 0.15) is 48.7 Å². The van der Waals surface area contributed by atoms with E-state index in [1.807, 2.05) is 24.4 Å². The monoisotopic (exact) mass is 383 g/mol. The number of aryl methyl sites for hydroxylation is 1. The van der Waals surface area contributed by atoms with Gasteiger partial charge in [-0.2, -0.15) is 0 Å². The van der Waals surface area contributed by atoms with E-state index in [4.69, 9.17) is 9.72 Å². The number of aromatic nitrogens is 2. The lowest BCUT2D eigenvalue weighted by Gasteiger charge is -2.30. The summed E-state index contributed by atoms with van der Waals surface area (Å²) in [6.07, 6.45) is 4.80. The van der Waals surface area contributed by atoms with Gasteiger partial charge in [-0.15, -0.1) is 11.3 Å². The van der Waals surface area contributed by atoms with Crippen LogP contribution in [0.3, 0.4) is 0 Å². The summed E-state index contributed by atoms with van der Waals surface area (Å²) in [5.74, 6) is 0.882. The second-order valence-electron chi connectivity index (χ2n) is 7.19. The Morgan fingerprint density at radius 1 is 1.22 bits per heavy atom. The molecule has 3 aromatic rings. The lowest BCUT2D eigenvalue weighted by atomic mass is 10.0. The van der Waals surface area contributed by atoms with Gasteiger partial charge in [0.15, 0.2) is 4.96 Å². The van der Waals surface area contributed by atoms with Crippen LogP contribution in [0.5, 0.6) is 5.75 Å². The van der Waals surface area contributed by atoms with Crippen LogP contribution in [0.15, 0.2) is 40.5 Å². The van der Waals surface area contributed by atoms with Gasteiger partial charge >= 0.3 is 0 Å². The Hall–Kier alpha value is -2.18. The second-order valence-corrected chi connectivity index (χ2v) is 8.03. The molecule has 27 heavy (non-hydrogen) atoms. The van der Waals surface area contributed by atoms with Crippen LogP contribution < -0.4 is 10.3 Å². The van der Waals surface area contributed by atoms with Crippen LogP contribution in [0, 0.1) is 6.92 Å². The van der Waals surface area contributed by atoms with Crippen molar-refractivity contribution in [3.05, 3.63) is 63.0 Å². The largest absolute Gasteiger partial charge is 0.497 e. The number of benzene rings is 1. The molecule has 0 bridgehead atoms. The third-order valence-electron chi connectivity index (χ3n) is 5.36. The molecule has 1 aromatic carbocycles. The van der Waals surface area contributed by atoms with Crippen molar-refractivity contribution in [2.24, 2.45) is 0 Å². The van der Waals surface area contributed by atoms with Gasteiger partial charge in [-0.3, -0.25) is 14.1 Å². The number of ether oxygens (including phenoxy) is 1. The van der Waals surface area contributed by atoms with Crippen molar-refractivity contribution in [2.45, 2.75) is 45.2 Å². The lowest BCUT2D eigenvalue weighted by molar-refractivity contribution is 0.190. The van der Waals surface area contributed by atoms with Crippen molar-refractivity contribution in [2.75, 3.05) is 13.7 Å². The molecule has 0 amide bonds. The molecular weight excluding hydrogens is 358 g/mol. The SMILES string of the molecule is COc1ccc([C@@H]2CCCCCN2Cc2cc(=O)n3c(C)csc3n2)cc1. The molecule has 3 heterocycles. The highest BCUT2D eigenvalue weighted by molar-refractivity contribution is 7.15. The molecule has 1 aliphatic rings. The van der Waals surface area contributed by atoms with Crippen molar-refractivity contribution in [1.29, 1.82) is 0 Å². The zero-order chi connectivity index (χ0) is 18.8. The molecule has 1 atom stereocenters. The molecule has 4 rings (SSSR count). The Kier molecular flexibility index (Phi) is 5.27. The van der Waals surface area contributed by atoms with E-state index in [1.165, 1.54) is 36.2 Å². The Morgan fingerprint density at radius 3 is 2.81 bits per heavy atom. The van der Waals surface area contributed by atoms with Gasteiger partial charge < -0.3 is 4.74 Å². The molecule has 0 aliphatic carbocycles. The Morgan fingerprint density at radius 2 is 2.04 bits per heavy atom. The molecule has 0 radical (unpaired) electrons. The minimum Gasteiger partial charge on any atom is -0.497 e. The maximum absolute atomic E-state index is 12.5. The van der Waals surface area contributed by atoms with E-state index >= 15 is 0 Å². The molecule has 2 aromatic heterocycles. The lowest BCUT2D eigenvalue weighted by Crippen LogP contribution is -2.29. The minimum atomic E-state index is 0.0181. The van der Waals surface area contributed by atoms with Crippen molar-refractivity contribution in [3.63, 3.8) is 0 Å². The number of rotatable bonds is 4. The molecule has 0 saturated carbocycles. The van der Waals surface area contributed by atoms with E-state index in [-0.39, 0.29) is 5.56 Å². The summed E-state index contributed by atoms with van der Waals surface area (Å²) in [6.45, 7) is 3.68. The summed E-state index contributed by atoms with van der Waals surface area (Å²) >= 11 is 1.53. The van der Waals surface area contributed by atoms with Gasteiger partial charge in [-0.25, -0.2) is 4.98 Å². The normalized spacial score (nSPS) is 18.5. The first-order chi connectivity index (χ1) is 13.2. The number of thiazole rings is 1. The predicted molar refractivity (Wildman–Crippen MR) is 109 cm³/mol.